The SMILES string of the molecule is [C-]#[N+]c1cccc(C#N)c1-c1c(-c2cccc(C3=CCC(C(=O)OC)CC3)c2)n(S(=O)(=O)c2ccc(C(F)F)cc2)c2ccc(F)cc12. The van der Waals surface area contributed by atoms with Crippen molar-refractivity contribution in [3.05, 3.63) is 125 Å². The minimum absolute atomic E-state index is 0.0530. The Balaban J connectivity index is 1.69. The van der Waals surface area contributed by atoms with E-state index in [1.165, 1.54) is 31.4 Å². The molecular weight excluding hydrogens is 639 g/mol. The van der Waals surface area contributed by atoms with Gasteiger partial charge in [0.05, 0.1) is 41.8 Å². The number of carbonyl (C=O) groups is 1. The van der Waals surface area contributed by atoms with Gasteiger partial charge in [0.1, 0.15) is 5.82 Å². The normalized spacial score (nSPS) is 14.7. The molecule has 0 saturated heterocycles. The molecule has 1 aliphatic rings. The predicted octanol–water partition coefficient (Wildman–Crippen LogP) is 9.07. The number of alkyl halides is 2. The predicted molar refractivity (Wildman–Crippen MR) is 175 cm³/mol. The average Bonchev–Trinajstić information content (AvgIpc) is 3.45. The third-order valence-corrected chi connectivity index (χ3v) is 10.3. The number of halogens is 3. The van der Waals surface area contributed by atoms with Gasteiger partial charge in [-0.15, -0.1) is 0 Å². The topological polar surface area (TPSA) is 93.5 Å². The summed E-state index contributed by atoms with van der Waals surface area (Å²) in [6.45, 7) is 7.89. The Bertz CT molecular complexity index is 2280. The Kier molecular flexibility index (Phi) is 8.65. The van der Waals surface area contributed by atoms with E-state index in [0.29, 0.717) is 24.8 Å². The summed E-state index contributed by atoms with van der Waals surface area (Å²) < 4.78 is 76.9. The first-order valence-corrected chi connectivity index (χ1v) is 16.3. The lowest BCUT2D eigenvalue weighted by atomic mass is 9.86. The number of benzene rings is 4. The number of nitrogens with zero attached hydrogens (tertiary/aromatic N) is 3. The van der Waals surface area contributed by atoms with Gasteiger partial charge >= 0.3 is 5.97 Å². The maximum Gasteiger partial charge on any atom is 0.308 e. The number of hydrogen-bond donors (Lipinski definition) is 0. The molecule has 5 aromatic rings. The summed E-state index contributed by atoms with van der Waals surface area (Å²) in [5.41, 5.74) is 2.24. The smallest absolute Gasteiger partial charge is 0.308 e. The third-order valence-electron chi connectivity index (χ3n) is 8.54. The van der Waals surface area contributed by atoms with Crippen LogP contribution in [-0.4, -0.2) is 25.5 Å². The number of fused-ring (bicyclic) bond motifs is 1. The number of ether oxygens (including phenoxy) is 1. The van der Waals surface area contributed by atoms with Crippen LogP contribution in [0.2, 0.25) is 0 Å². The van der Waals surface area contributed by atoms with E-state index in [1.54, 1.807) is 18.2 Å². The summed E-state index contributed by atoms with van der Waals surface area (Å²) in [7, 11) is -3.21. The van der Waals surface area contributed by atoms with Crippen molar-refractivity contribution in [1.29, 1.82) is 5.26 Å². The number of carbonyl (C=O) groups excluding carboxylic acids is 1. The molecule has 1 aromatic heterocycles. The molecular formula is C37H26F3N3O4S. The zero-order chi connectivity index (χ0) is 34.2. The first-order valence-electron chi connectivity index (χ1n) is 14.8. The van der Waals surface area contributed by atoms with Crippen molar-refractivity contribution in [3.63, 3.8) is 0 Å². The zero-order valence-electron chi connectivity index (χ0n) is 25.5. The molecule has 1 heterocycles. The van der Waals surface area contributed by atoms with Crippen molar-refractivity contribution >= 4 is 38.2 Å². The number of rotatable bonds is 7. The largest absolute Gasteiger partial charge is 0.469 e. The molecule has 1 unspecified atom stereocenters. The van der Waals surface area contributed by atoms with Gasteiger partial charge in [-0.3, -0.25) is 4.79 Å². The molecule has 0 amide bonds. The highest BCUT2D eigenvalue weighted by Crippen LogP contribution is 2.48. The van der Waals surface area contributed by atoms with Gasteiger partial charge in [-0.25, -0.2) is 30.4 Å². The fourth-order valence-electron chi connectivity index (χ4n) is 6.22. The lowest BCUT2D eigenvalue weighted by Gasteiger charge is -2.21. The van der Waals surface area contributed by atoms with Crippen LogP contribution in [0.1, 0.15) is 42.4 Å². The molecule has 240 valence electrons. The summed E-state index contributed by atoms with van der Waals surface area (Å²) in [6, 6.07) is 21.5. The first-order chi connectivity index (χ1) is 23.1. The van der Waals surface area contributed by atoms with Crippen LogP contribution < -0.4 is 0 Å². The molecule has 7 nitrogen and oxygen atoms in total. The van der Waals surface area contributed by atoms with Gasteiger partial charge < -0.3 is 4.74 Å². The lowest BCUT2D eigenvalue weighted by molar-refractivity contribution is -0.145. The Morgan fingerprint density at radius 2 is 1.75 bits per heavy atom. The number of methoxy groups -OCH3 is 1. The molecule has 0 aliphatic heterocycles. The minimum Gasteiger partial charge on any atom is -0.469 e. The molecule has 11 heteroatoms. The molecule has 0 saturated carbocycles. The van der Waals surface area contributed by atoms with E-state index in [9.17, 15) is 27.3 Å². The van der Waals surface area contributed by atoms with Crippen molar-refractivity contribution in [2.45, 2.75) is 30.6 Å². The monoisotopic (exact) mass is 665 g/mol. The van der Waals surface area contributed by atoms with Crippen molar-refractivity contribution in [3.8, 4) is 28.5 Å². The molecule has 4 aromatic carbocycles. The number of aromatic nitrogens is 1. The number of nitriles is 1. The summed E-state index contributed by atoms with van der Waals surface area (Å²) in [4.78, 5) is 15.4. The molecule has 48 heavy (non-hydrogen) atoms. The highest BCUT2D eigenvalue weighted by Gasteiger charge is 2.31. The summed E-state index contributed by atoms with van der Waals surface area (Å²) in [6.07, 6.45) is 0.704. The second-order valence-electron chi connectivity index (χ2n) is 11.3. The maximum atomic E-state index is 15.0. The quantitative estimate of drug-likeness (QED) is 0.128. The van der Waals surface area contributed by atoms with Crippen LogP contribution in [0.15, 0.2) is 95.9 Å². The molecule has 1 aliphatic carbocycles. The highest BCUT2D eigenvalue weighted by molar-refractivity contribution is 7.90. The van der Waals surface area contributed by atoms with E-state index in [4.69, 9.17) is 11.3 Å². The van der Waals surface area contributed by atoms with Gasteiger partial charge in [-0.2, -0.15) is 5.26 Å². The Morgan fingerprint density at radius 3 is 2.40 bits per heavy atom. The van der Waals surface area contributed by atoms with Crippen molar-refractivity contribution < 1.29 is 31.1 Å². The fourth-order valence-corrected chi connectivity index (χ4v) is 7.77. The number of esters is 1. The van der Waals surface area contributed by atoms with Crippen molar-refractivity contribution in [2.75, 3.05) is 7.11 Å². The number of hydrogen-bond acceptors (Lipinski definition) is 5. The van der Waals surface area contributed by atoms with Gasteiger partial charge in [-0.05, 0) is 72.9 Å². The van der Waals surface area contributed by atoms with Gasteiger partial charge in [0.2, 0.25) is 0 Å². The van der Waals surface area contributed by atoms with Crippen molar-refractivity contribution in [1.82, 2.24) is 3.97 Å². The Hall–Kier alpha value is -5.65. The molecule has 0 spiro atoms. The van der Waals surface area contributed by atoms with Crippen LogP contribution in [-0.2, 0) is 19.6 Å². The van der Waals surface area contributed by atoms with E-state index in [2.05, 4.69) is 10.9 Å². The third kappa shape index (κ3) is 5.63. The van der Waals surface area contributed by atoms with E-state index in [-0.39, 0.29) is 61.3 Å². The molecule has 0 bridgehead atoms. The maximum absolute atomic E-state index is 15.0. The summed E-state index contributed by atoms with van der Waals surface area (Å²) in [5, 5.41) is 10.3. The summed E-state index contributed by atoms with van der Waals surface area (Å²) in [5.74, 6) is -1.24. The molecule has 0 radical (unpaired) electrons. The van der Waals surface area contributed by atoms with E-state index < -0.39 is 22.3 Å². The van der Waals surface area contributed by atoms with Crippen molar-refractivity contribution in [2.24, 2.45) is 5.92 Å². The van der Waals surface area contributed by atoms with Crippen LogP contribution in [0, 0.1) is 29.6 Å². The van der Waals surface area contributed by atoms with Gasteiger partial charge in [-0.1, -0.05) is 48.5 Å². The fraction of sp³-hybridized carbons (Fsp3) is 0.162. The van der Waals surface area contributed by atoms with Crippen LogP contribution in [0.25, 0.3) is 43.7 Å². The van der Waals surface area contributed by atoms with Gasteiger partial charge in [0, 0.05) is 33.2 Å². The van der Waals surface area contributed by atoms with Crippen LogP contribution >= 0.6 is 0 Å². The number of allylic oxidation sites excluding steroid dienone is 2. The van der Waals surface area contributed by atoms with E-state index >= 15 is 4.39 Å². The summed E-state index contributed by atoms with van der Waals surface area (Å²) >= 11 is 0. The minimum atomic E-state index is -4.56. The Labute approximate surface area is 275 Å². The molecule has 1 atom stereocenters. The van der Waals surface area contributed by atoms with Crippen LogP contribution in [0.5, 0.6) is 0 Å². The van der Waals surface area contributed by atoms with Crippen LogP contribution in [0.4, 0.5) is 18.9 Å². The standard InChI is InChI=1S/C37H26F3N3O4S/c1-42-31-8-4-7-27(21-41)33(31)34-30-20-28(38)15-18-32(30)43(48(45,46)29-16-13-23(14-17-29)36(39)40)35(34)26-6-3-5-25(19-26)22-9-11-24(12-10-22)37(44)47-2/h3-9,13-20,24,36H,10-12H2,2H3. The van der Waals surface area contributed by atoms with E-state index in [1.807, 2.05) is 12.1 Å². The second kappa shape index (κ2) is 12.9. The van der Waals surface area contributed by atoms with Crippen LogP contribution in [0.3, 0.4) is 0 Å². The van der Waals surface area contributed by atoms with Gasteiger partial charge in [0.15, 0.2) is 5.69 Å². The molecule has 0 N–H and O–H groups in total. The molecule has 0 fully saturated rings. The first kappa shape index (κ1) is 32.3. The zero-order valence-corrected chi connectivity index (χ0v) is 26.3. The Morgan fingerprint density at radius 1 is 1.02 bits per heavy atom. The molecule has 6 rings (SSSR count). The van der Waals surface area contributed by atoms with Gasteiger partial charge in [0.25, 0.3) is 16.4 Å². The lowest BCUT2D eigenvalue weighted by Crippen LogP contribution is -2.18. The second-order valence-corrected chi connectivity index (χ2v) is 13.0. The van der Waals surface area contributed by atoms with E-state index in [0.717, 1.165) is 51.5 Å². The average molecular weight is 666 g/mol. The highest BCUT2D eigenvalue weighted by atomic mass is 32.2.